The molecule has 1 amide bonds. The van der Waals surface area contributed by atoms with Crippen LogP contribution in [0.15, 0.2) is 28.9 Å². The number of hydrogen-bond acceptors (Lipinski definition) is 2. The number of benzene rings is 1. The van der Waals surface area contributed by atoms with Crippen molar-refractivity contribution in [1.82, 2.24) is 5.32 Å². The van der Waals surface area contributed by atoms with Crippen LogP contribution in [-0.4, -0.2) is 12.5 Å². The number of fused-ring (bicyclic) bond motifs is 1. The van der Waals surface area contributed by atoms with Gasteiger partial charge in [-0.15, -0.1) is 0 Å². The molecular formula is C17H23NO2. The zero-order valence-corrected chi connectivity index (χ0v) is 12.5. The molecular weight excluding hydrogens is 250 g/mol. The van der Waals surface area contributed by atoms with E-state index in [4.69, 9.17) is 4.42 Å². The first-order valence-electron chi connectivity index (χ1n) is 7.37. The molecule has 2 aromatic rings. The van der Waals surface area contributed by atoms with Gasteiger partial charge in [-0.1, -0.05) is 38.8 Å². The molecule has 0 aliphatic carbocycles. The third-order valence-corrected chi connectivity index (χ3v) is 3.90. The lowest BCUT2D eigenvalue weighted by molar-refractivity contribution is -0.120. The summed E-state index contributed by atoms with van der Waals surface area (Å²) >= 11 is 0. The quantitative estimate of drug-likeness (QED) is 0.869. The average molecular weight is 273 g/mol. The summed E-state index contributed by atoms with van der Waals surface area (Å²) in [5.74, 6) is 0.642. The number of rotatable bonds is 6. The Bertz CT molecular complexity index is 582. The van der Waals surface area contributed by atoms with Crippen LogP contribution in [0.4, 0.5) is 0 Å². The largest absolute Gasteiger partial charge is 0.464 e. The summed E-state index contributed by atoms with van der Waals surface area (Å²) in [5, 5.41) is 4.05. The fourth-order valence-electron chi connectivity index (χ4n) is 2.40. The van der Waals surface area contributed by atoms with Gasteiger partial charge in [-0.3, -0.25) is 4.79 Å². The van der Waals surface area contributed by atoms with Gasteiger partial charge in [0.1, 0.15) is 5.58 Å². The summed E-state index contributed by atoms with van der Waals surface area (Å²) in [7, 11) is 0. The number of nitrogens with one attached hydrogen (secondary N) is 1. The molecule has 0 saturated carbocycles. The lowest BCUT2D eigenvalue weighted by Gasteiger charge is -2.12. The second-order valence-corrected chi connectivity index (χ2v) is 5.42. The molecule has 108 valence electrons. The highest BCUT2D eigenvalue weighted by Crippen LogP contribution is 2.22. The lowest BCUT2D eigenvalue weighted by Crippen LogP contribution is -2.30. The summed E-state index contributed by atoms with van der Waals surface area (Å²) in [6.07, 6.45) is 4.28. The van der Waals surface area contributed by atoms with Crippen molar-refractivity contribution in [3.05, 3.63) is 35.6 Å². The standard InChI is InChI=1S/C17H23NO2/c1-4-13(5-2)10-18-17(19)9-14-11-20-16-8-12(3)6-7-15(14)16/h6-8,11,13H,4-5,9-10H2,1-3H3,(H,18,19). The van der Waals surface area contributed by atoms with Gasteiger partial charge in [0.25, 0.3) is 0 Å². The molecule has 1 heterocycles. The van der Waals surface area contributed by atoms with Gasteiger partial charge >= 0.3 is 0 Å². The molecule has 0 unspecified atom stereocenters. The van der Waals surface area contributed by atoms with Crippen LogP contribution >= 0.6 is 0 Å². The first kappa shape index (κ1) is 14.6. The van der Waals surface area contributed by atoms with Gasteiger partial charge in [-0.2, -0.15) is 0 Å². The van der Waals surface area contributed by atoms with Crippen LogP contribution in [0.5, 0.6) is 0 Å². The summed E-state index contributed by atoms with van der Waals surface area (Å²) in [6, 6.07) is 6.07. The van der Waals surface area contributed by atoms with Gasteiger partial charge in [-0.25, -0.2) is 0 Å². The van der Waals surface area contributed by atoms with Crippen molar-refractivity contribution in [3.8, 4) is 0 Å². The van der Waals surface area contributed by atoms with Crippen molar-refractivity contribution in [2.45, 2.75) is 40.0 Å². The molecule has 0 saturated heterocycles. The van der Waals surface area contributed by atoms with Gasteiger partial charge < -0.3 is 9.73 Å². The fourth-order valence-corrected chi connectivity index (χ4v) is 2.40. The highest BCUT2D eigenvalue weighted by molar-refractivity contribution is 5.87. The second kappa shape index (κ2) is 6.60. The summed E-state index contributed by atoms with van der Waals surface area (Å²) in [4.78, 5) is 12.0. The van der Waals surface area contributed by atoms with Gasteiger partial charge in [0, 0.05) is 17.5 Å². The Labute approximate surface area is 120 Å². The molecule has 0 atom stereocenters. The third kappa shape index (κ3) is 3.41. The number of hydrogen-bond donors (Lipinski definition) is 1. The van der Waals surface area contributed by atoms with E-state index < -0.39 is 0 Å². The lowest BCUT2D eigenvalue weighted by atomic mass is 10.0. The molecule has 1 N–H and O–H groups in total. The number of amides is 1. The molecule has 0 aliphatic rings. The minimum Gasteiger partial charge on any atom is -0.464 e. The minimum atomic E-state index is 0.0696. The molecule has 20 heavy (non-hydrogen) atoms. The Morgan fingerprint density at radius 3 is 2.75 bits per heavy atom. The monoisotopic (exact) mass is 273 g/mol. The van der Waals surface area contributed by atoms with Crippen molar-refractivity contribution in [3.63, 3.8) is 0 Å². The van der Waals surface area contributed by atoms with Crippen LogP contribution in [0.1, 0.15) is 37.8 Å². The van der Waals surface area contributed by atoms with Crippen LogP contribution in [0, 0.1) is 12.8 Å². The normalized spacial score (nSPS) is 11.2. The smallest absolute Gasteiger partial charge is 0.224 e. The summed E-state index contributed by atoms with van der Waals surface area (Å²) < 4.78 is 5.52. The van der Waals surface area contributed by atoms with Crippen LogP contribution in [0.2, 0.25) is 0 Å². The SMILES string of the molecule is CCC(CC)CNC(=O)Cc1coc2cc(C)ccc12. The molecule has 1 aromatic heterocycles. The molecule has 0 fully saturated rings. The second-order valence-electron chi connectivity index (χ2n) is 5.42. The van der Waals surface area contributed by atoms with Gasteiger partial charge in [-0.05, 0) is 24.5 Å². The molecule has 3 heteroatoms. The van der Waals surface area contributed by atoms with E-state index in [1.54, 1.807) is 6.26 Å². The first-order chi connectivity index (χ1) is 9.63. The van der Waals surface area contributed by atoms with E-state index in [9.17, 15) is 4.79 Å². The predicted molar refractivity (Wildman–Crippen MR) is 81.7 cm³/mol. The topological polar surface area (TPSA) is 42.2 Å². The maximum absolute atomic E-state index is 12.0. The molecule has 1 aromatic carbocycles. The van der Waals surface area contributed by atoms with Crippen LogP contribution in [-0.2, 0) is 11.2 Å². The number of furan rings is 1. The zero-order valence-electron chi connectivity index (χ0n) is 12.5. The van der Waals surface area contributed by atoms with Crippen molar-refractivity contribution < 1.29 is 9.21 Å². The van der Waals surface area contributed by atoms with Crippen molar-refractivity contribution in [1.29, 1.82) is 0 Å². The van der Waals surface area contributed by atoms with E-state index in [0.717, 1.165) is 41.5 Å². The third-order valence-electron chi connectivity index (χ3n) is 3.90. The highest BCUT2D eigenvalue weighted by atomic mass is 16.3. The molecule has 0 aliphatic heterocycles. The average Bonchev–Trinajstić information content (AvgIpc) is 2.82. The number of aryl methyl sites for hydroxylation is 1. The Balaban J connectivity index is 1.99. The molecule has 0 spiro atoms. The summed E-state index contributed by atoms with van der Waals surface area (Å²) in [5.41, 5.74) is 2.98. The molecule has 3 nitrogen and oxygen atoms in total. The zero-order chi connectivity index (χ0) is 14.5. The summed E-state index contributed by atoms with van der Waals surface area (Å²) in [6.45, 7) is 7.11. The Morgan fingerprint density at radius 2 is 2.05 bits per heavy atom. The van der Waals surface area contributed by atoms with Crippen LogP contribution in [0.3, 0.4) is 0 Å². The molecule has 0 bridgehead atoms. The van der Waals surface area contributed by atoms with Gasteiger partial charge in [0.2, 0.25) is 5.91 Å². The molecule has 0 radical (unpaired) electrons. The van der Waals surface area contributed by atoms with E-state index in [1.807, 2.05) is 25.1 Å². The van der Waals surface area contributed by atoms with E-state index in [0.29, 0.717) is 12.3 Å². The fraction of sp³-hybridized carbons (Fsp3) is 0.471. The Kier molecular flexibility index (Phi) is 4.83. The van der Waals surface area contributed by atoms with Crippen LogP contribution in [0.25, 0.3) is 11.0 Å². The maximum atomic E-state index is 12.0. The van der Waals surface area contributed by atoms with E-state index in [-0.39, 0.29) is 5.91 Å². The van der Waals surface area contributed by atoms with Crippen molar-refractivity contribution in [2.75, 3.05) is 6.54 Å². The van der Waals surface area contributed by atoms with Crippen molar-refractivity contribution >= 4 is 16.9 Å². The maximum Gasteiger partial charge on any atom is 0.224 e. The highest BCUT2D eigenvalue weighted by Gasteiger charge is 2.11. The van der Waals surface area contributed by atoms with Gasteiger partial charge in [0.15, 0.2) is 0 Å². The van der Waals surface area contributed by atoms with Gasteiger partial charge in [0.05, 0.1) is 12.7 Å². The number of carbonyl (C=O) groups is 1. The first-order valence-corrected chi connectivity index (χ1v) is 7.37. The van der Waals surface area contributed by atoms with E-state index in [2.05, 4.69) is 19.2 Å². The Morgan fingerprint density at radius 1 is 1.30 bits per heavy atom. The molecule has 2 rings (SSSR count). The van der Waals surface area contributed by atoms with Crippen molar-refractivity contribution in [2.24, 2.45) is 5.92 Å². The minimum absolute atomic E-state index is 0.0696. The van der Waals surface area contributed by atoms with E-state index >= 15 is 0 Å². The van der Waals surface area contributed by atoms with Crippen LogP contribution < -0.4 is 5.32 Å². The van der Waals surface area contributed by atoms with E-state index in [1.165, 1.54) is 0 Å². The predicted octanol–water partition coefficient (Wildman–Crippen LogP) is 3.84. The Hall–Kier alpha value is -1.77. The number of carbonyl (C=O) groups excluding carboxylic acids is 1.